The first-order valence-electron chi connectivity index (χ1n) is 11.5. The Morgan fingerprint density at radius 1 is 1.00 bits per heavy atom. The maximum Gasteiger partial charge on any atom is 0.300 e. The van der Waals surface area contributed by atoms with Crippen molar-refractivity contribution in [3.63, 3.8) is 0 Å². The third kappa shape index (κ3) is 4.16. The highest BCUT2D eigenvalue weighted by molar-refractivity contribution is 6.52. The topological polar surface area (TPSA) is 87.1 Å². The van der Waals surface area contributed by atoms with Gasteiger partial charge in [0.1, 0.15) is 17.3 Å². The van der Waals surface area contributed by atoms with Crippen LogP contribution in [-0.2, 0) is 9.59 Å². The van der Waals surface area contributed by atoms with Gasteiger partial charge >= 0.3 is 0 Å². The molecule has 1 saturated heterocycles. The van der Waals surface area contributed by atoms with E-state index in [9.17, 15) is 19.8 Å². The number of phenolic OH excluding ortho intramolecular Hbond substituents is 1. The fraction of sp³-hybridized carbons (Fsp3) is 0.241. The fourth-order valence-corrected chi connectivity index (χ4v) is 4.63. The number of anilines is 1. The summed E-state index contributed by atoms with van der Waals surface area (Å²) in [5.41, 5.74) is 3.82. The summed E-state index contributed by atoms with van der Waals surface area (Å²) in [6, 6.07) is 16.5. The standard InChI is InChI=1S/C29H29NO5/c1-16(2)20-15-21(18(4)14-24(20)35-5)27(32)25-26(19-10-8-9-17(3)13-19)30(29(34)28(25)33)22-11-6-7-12-23(22)31/h6-16,26,31-32H,1-5H3/b27-25+. The maximum absolute atomic E-state index is 13.4. The number of carbonyl (C=O) groups excluding carboxylic acids is 2. The van der Waals surface area contributed by atoms with E-state index in [0.29, 0.717) is 22.4 Å². The first-order valence-corrected chi connectivity index (χ1v) is 11.5. The van der Waals surface area contributed by atoms with E-state index in [1.54, 1.807) is 25.3 Å². The number of hydrogen-bond acceptors (Lipinski definition) is 5. The van der Waals surface area contributed by atoms with Crippen molar-refractivity contribution < 1.29 is 24.5 Å². The zero-order valence-corrected chi connectivity index (χ0v) is 20.5. The largest absolute Gasteiger partial charge is 0.507 e. The van der Waals surface area contributed by atoms with E-state index in [2.05, 4.69) is 0 Å². The number of amides is 1. The minimum atomic E-state index is -0.910. The molecule has 2 N–H and O–H groups in total. The van der Waals surface area contributed by atoms with E-state index in [0.717, 1.165) is 11.1 Å². The van der Waals surface area contributed by atoms with Crippen LogP contribution in [0.2, 0.25) is 0 Å². The number of Topliss-reactive ketones (excluding diaryl/α,β-unsaturated/α-hetero) is 1. The van der Waals surface area contributed by atoms with Crippen LogP contribution in [0.4, 0.5) is 5.69 Å². The first kappa shape index (κ1) is 24.1. The summed E-state index contributed by atoms with van der Waals surface area (Å²) >= 11 is 0. The molecule has 0 spiro atoms. The van der Waals surface area contributed by atoms with Gasteiger partial charge in [0.25, 0.3) is 11.7 Å². The van der Waals surface area contributed by atoms with Crippen LogP contribution in [0.5, 0.6) is 11.5 Å². The highest BCUT2D eigenvalue weighted by atomic mass is 16.5. The lowest BCUT2D eigenvalue weighted by molar-refractivity contribution is -0.132. The predicted molar refractivity (Wildman–Crippen MR) is 136 cm³/mol. The lowest BCUT2D eigenvalue weighted by Gasteiger charge is -2.26. The van der Waals surface area contributed by atoms with Crippen molar-refractivity contribution in [3.8, 4) is 11.5 Å². The molecule has 0 saturated carbocycles. The summed E-state index contributed by atoms with van der Waals surface area (Å²) in [7, 11) is 1.59. The molecule has 1 atom stereocenters. The molecule has 0 aromatic heterocycles. The summed E-state index contributed by atoms with van der Waals surface area (Å²) in [4.78, 5) is 28.0. The Labute approximate surface area is 205 Å². The molecular weight excluding hydrogens is 442 g/mol. The molecule has 35 heavy (non-hydrogen) atoms. The molecule has 3 aromatic rings. The number of carbonyl (C=O) groups is 2. The lowest BCUT2D eigenvalue weighted by atomic mass is 9.90. The molecule has 0 aliphatic carbocycles. The van der Waals surface area contributed by atoms with Gasteiger partial charge in [-0.2, -0.15) is 0 Å². The third-order valence-corrected chi connectivity index (χ3v) is 6.40. The summed E-state index contributed by atoms with van der Waals surface area (Å²) in [6.45, 7) is 7.77. The second-order valence-corrected chi connectivity index (χ2v) is 9.14. The molecule has 0 bridgehead atoms. The van der Waals surface area contributed by atoms with E-state index in [1.807, 2.05) is 64.1 Å². The van der Waals surface area contributed by atoms with Crippen LogP contribution in [0.25, 0.3) is 5.76 Å². The number of aliphatic hydroxyl groups is 1. The van der Waals surface area contributed by atoms with Crippen molar-refractivity contribution in [1.29, 1.82) is 0 Å². The van der Waals surface area contributed by atoms with E-state index in [4.69, 9.17) is 4.74 Å². The number of hydrogen-bond donors (Lipinski definition) is 2. The van der Waals surface area contributed by atoms with Crippen molar-refractivity contribution in [2.24, 2.45) is 0 Å². The number of rotatable bonds is 5. The number of phenols is 1. The number of nitrogens with zero attached hydrogens (tertiary/aromatic N) is 1. The van der Waals surface area contributed by atoms with Crippen LogP contribution in [0.15, 0.2) is 66.2 Å². The second kappa shape index (κ2) is 9.29. The first-order chi connectivity index (χ1) is 16.6. The number of aryl methyl sites for hydroxylation is 2. The maximum atomic E-state index is 13.4. The van der Waals surface area contributed by atoms with E-state index in [1.165, 1.54) is 11.0 Å². The van der Waals surface area contributed by atoms with Crippen molar-refractivity contribution in [3.05, 3.63) is 94.1 Å². The minimum absolute atomic E-state index is 0.0215. The summed E-state index contributed by atoms with van der Waals surface area (Å²) in [5, 5.41) is 22.1. The molecule has 1 unspecified atom stereocenters. The molecule has 6 nitrogen and oxygen atoms in total. The van der Waals surface area contributed by atoms with Gasteiger partial charge in [0.05, 0.1) is 24.4 Å². The Morgan fingerprint density at radius 2 is 1.71 bits per heavy atom. The number of para-hydroxylation sites is 2. The number of methoxy groups -OCH3 is 1. The predicted octanol–water partition coefficient (Wildman–Crippen LogP) is 5.77. The van der Waals surface area contributed by atoms with E-state index < -0.39 is 17.7 Å². The Kier molecular flexibility index (Phi) is 6.39. The Bertz CT molecular complexity index is 1350. The number of aliphatic hydroxyl groups excluding tert-OH is 1. The molecule has 3 aromatic carbocycles. The van der Waals surface area contributed by atoms with Crippen LogP contribution >= 0.6 is 0 Å². The van der Waals surface area contributed by atoms with Gasteiger partial charge in [0, 0.05) is 5.56 Å². The summed E-state index contributed by atoms with van der Waals surface area (Å²) in [5.74, 6) is -1.20. The van der Waals surface area contributed by atoms with Crippen LogP contribution in [0, 0.1) is 13.8 Å². The number of aromatic hydroxyl groups is 1. The van der Waals surface area contributed by atoms with Crippen LogP contribution in [0.1, 0.15) is 53.6 Å². The summed E-state index contributed by atoms with van der Waals surface area (Å²) in [6.07, 6.45) is 0. The normalized spacial score (nSPS) is 17.3. The molecule has 4 rings (SSSR count). The van der Waals surface area contributed by atoms with Gasteiger partial charge in [-0.1, -0.05) is 55.8 Å². The fourth-order valence-electron chi connectivity index (χ4n) is 4.63. The monoisotopic (exact) mass is 471 g/mol. The molecule has 6 heteroatoms. The molecular formula is C29H29NO5. The number of benzene rings is 3. The lowest BCUT2D eigenvalue weighted by Crippen LogP contribution is -2.29. The molecule has 180 valence electrons. The summed E-state index contributed by atoms with van der Waals surface area (Å²) < 4.78 is 5.52. The Morgan fingerprint density at radius 3 is 2.34 bits per heavy atom. The molecule has 1 aliphatic heterocycles. The zero-order valence-electron chi connectivity index (χ0n) is 20.5. The van der Waals surface area contributed by atoms with Crippen molar-refractivity contribution in [2.45, 2.75) is 39.7 Å². The molecule has 1 amide bonds. The van der Waals surface area contributed by atoms with Gasteiger partial charge in [-0.3, -0.25) is 14.5 Å². The Hall–Kier alpha value is -4.06. The SMILES string of the molecule is COc1cc(C)c(/C(O)=C2\C(=O)C(=O)N(c3ccccc3O)C2c2cccc(C)c2)cc1C(C)C. The van der Waals surface area contributed by atoms with E-state index in [-0.39, 0.29) is 28.7 Å². The van der Waals surface area contributed by atoms with Crippen LogP contribution in [-0.4, -0.2) is 29.0 Å². The van der Waals surface area contributed by atoms with Crippen LogP contribution < -0.4 is 9.64 Å². The highest BCUT2D eigenvalue weighted by Crippen LogP contribution is 2.45. The van der Waals surface area contributed by atoms with E-state index >= 15 is 0 Å². The second-order valence-electron chi connectivity index (χ2n) is 9.14. The van der Waals surface area contributed by atoms with Crippen molar-refractivity contribution in [2.75, 3.05) is 12.0 Å². The zero-order chi connectivity index (χ0) is 25.4. The average Bonchev–Trinajstić information content (AvgIpc) is 3.09. The minimum Gasteiger partial charge on any atom is -0.507 e. The number of ketones is 1. The van der Waals surface area contributed by atoms with Crippen molar-refractivity contribution in [1.82, 2.24) is 0 Å². The van der Waals surface area contributed by atoms with Crippen molar-refractivity contribution >= 4 is 23.1 Å². The molecule has 1 aliphatic rings. The third-order valence-electron chi connectivity index (χ3n) is 6.40. The van der Waals surface area contributed by atoms with Gasteiger partial charge in [0.2, 0.25) is 0 Å². The molecule has 1 fully saturated rings. The Balaban J connectivity index is 2.01. The van der Waals surface area contributed by atoms with Gasteiger partial charge < -0.3 is 14.9 Å². The van der Waals surface area contributed by atoms with Gasteiger partial charge in [0.15, 0.2) is 0 Å². The number of ether oxygens (including phenoxy) is 1. The molecule has 1 heterocycles. The van der Waals surface area contributed by atoms with Gasteiger partial charge in [-0.25, -0.2) is 0 Å². The molecule has 0 radical (unpaired) electrons. The highest BCUT2D eigenvalue weighted by Gasteiger charge is 2.47. The quantitative estimate of drug-likeness (QED) is 0.280. The van der Waals surface area contributed by atoms with Gasteiger partial charge in [-0.05, 0) is 60.7 Å². The van der Waals surface area contributed by atoms with Gasteiger partial charge in [-0.15, -0.1) is 0 Å². The average molecular weight is 472 g/mol. The smallest absolute Gasteiger partial charge is 0.300 e. The van der Waals surface area contributed by atoms with Crippen LogP contribution in [0.3, 0.4) is 0 Å².